The number of carbonyl (C=O) groups is 2. The van der Waals surface area contributed by atoms with Gasteiger partial charge in [-0.1, -0.05) is 12.1 Å². The van der Waals surface area contributed by atoms with Crippen LogP contribution in [0.4, 0.5) is 4.39 Å². The van der Waals surface area contributed by atoms with Crippen molar-refractivity contribution in [2.24, 2.45) is 5.92 Å². The molecule has 1 heterocycles. The number of nitrogens with zero attached hydrogens (tertiary/aromatic N) is 1. The third kappa shape index (κ3) is 3.40. The summed E-state index contributed by atoms with van der Waals surface area (Å²) >= 11 is 0. The molecule has 0 bridgehead atoms. The lowest BCUT2D eigenvalue weighted by atomic mass is 9.89. The molecule has 3 rings (SSSR count). The van der Waals surface area contributed by atoms with Gasteiger partial charge in [-0.05, 0) is 48.4 Å². The molecule has 0 radical (unpaired) electrons. The number of hydrogen-bond acceptors (Lipinski definition) is 3. The molecule has 2 aromatic carbocycles. The van der Waals surface area contributed by atoms with Crippen molar-refractivity contribution in [1.82, 2.24) is 4.90 Å². The molecule has 1 aliphatic rings. The van der Waals surface area contributed by atoms with Crippen molar-refractivity contribution in [3.05, 3.63) is 65.0 Å². The number of carbonyl (C=O) groups excluding carboxylic acids is 1. The summed E-state index contributed by atoms with van der Waals surface area (Å²) in [5.41, 5.74) is 1.87. The minimum absolute atomic E-state index is 0.0980. The third-order valence-corrected chi connectivity index (χ3v) is 4.87. The SMILES string of the molecule is COc1ccc(C(=O)N2C[C@@H](C(=O)O)[C@H](c3cccc(F)c3)C2)c(C)c1. The van der Waals surface area contributed by atoms with Gasteiger partial charge in [0.2, 0.25) is 0 Å². The Balaban J connectivity index is 1.88. The molecule has 1 fully saturated rings. The Morgan fingerprint density at radius 2 is 1.96 bits per heavy atom. The Morgan fingerprint density at radius 3 is 2.58 bits per heavy atom. The number of benzene rings is 2. The molecule has 0 spiro atoms. The monoisotopic (exact) mass is 357 g/mol. The van der Waals surface area contributed by atoms with Crippen LogP contribution in [-0.4, -0.2) is 42.1 Å². The average molecular weight is 357 g/mol. The molecule has 6 heteroatoms. The van der Waals surface area contributed by atoms with Crippen LogP contribution in [0.3, 0.4) is 0 Å². The van der Waals surface area contributed by atoms with Gasteiger partial charge >= 0.3 is 5.97 Å². The molecular formula is C20H20FNO4. The minimum Gasteiger partial charge on any atom is -0.497 e. The van der Waals surface area contributed by atoms with E-state index >= 15 is 0 Å². The number of hydrogen-bond donors (Lipinski definition) is 1. The highest BCUT2D eigenvalue weighted by Crippen LogP contribution is 2.34. The quantitative estimate of drug-likeness (QED) is 0.913. The first kappa shape index (κ1) is 17.9. The van der Waals surface area contributed by atoms with Crippen molar-refractivity contribution in [1.29, 1.82) is 0 Å². The predicted octanol–water partition coefficient (Wildman–Crippen LogP) is 3.08. The molecule has 5 nitrogen and oxygen atoms in total. The molecule has 2 atom stereocenters. The first-order valence-electron chi connectivity index (χ1n) is 8.33. The Hall–Kier alpha value is -2.89. The van der Waals surface area contributed by atoms with E-state index in [2.05, 4.69) is 0 Å². The lowest BCUT2D eigenvalue weighted by molar-refractivity contribution is -0.141. The maximum Gasteiger partial charge on any atom is 0.308 e. The number of halogens is 1. The van der Waals surface area contributed by atoms with E-state index in [4.69, 9.17) is 4.74 Å². The lowest BCUT2D eigenvalue weighted by Gasteiger charge is -2.18. The summed E-state index contributed by atoms with van der Waals surface area (Å²) in [7, 11) is 1.55. The second-order valence-corrected chi connectivity index (χ2v) is 6.50. The number of amides is 1. The maximum atomic E-state index is 13.6. The van der Waals surface area contributed by atoms with E-state index in [1.807, 2.05) is 6.92 Å². The fraction of sp³-hybridized carbons (Fsp3) is 0.300. The maximum absolute atomic E-state index is 13.6. The molecule has 1 N–H and O–H groups in total. The number of carboxylic acid groups (broad SMARTS) is 1. The number of aryl methyl sites for hydroxylation is 1. The Morgan fingerprint density at radius 1 is 1.19 bits per heavy atom. The largest absolute Gasteiger partial charge is 0.497 e. The predicted molar refractivity (Wildman–Crippen MR) is 93.9 cm³/mol. The van der Waals surface area contributed by atoms with Crippen molar-refractivity contribution in [3.8, 4) is 5.75 Å². The van der Waals surface area contributed by atoms with Crippen molar-refractivity contribution in [3.63, 3.8) is 0 Å². The minimum atomic E-state index is -0.985. The molecule has 2 aromatic rings. The summed E-state index contributed by atoms with van der Waals surface area (Å²) < 4.78 is 18.7. The van der Waals surface area contributed by atoms with Crippen LogP contribution in [0.2, 0.25) is 0 Å². The number of aliphatic carboxylic acids is 1. The van der Waals surface area contributed by atoms with Gasteiger partial charge in [-0.25, -0.2) is 4.39 Å². The van der Waals surface area contributed by atoms with Gasteiger partial charge < -0.3 is 14.7 Å². The summed E-state index contributed by atoms with van der Waals surface area (Å²) in [6, 6.07) is 11.1. The number of rotatable bonds is 4. The highest BCUT2D eigenvalue weighted by Gasteiger charge is 2.41. The highest BCUT2D eigenvalue weighted by molar-refractivity contribution is 5.96. The van der Waals surface area contributed by atoms with Gasteiger partial charge in [0, 0.05) is 24.6 Å². The van der Waals surface area contributed by atoms with Gasteiger partial charge in [0.1, 0.15) is 11.6 Å². The zero-order valence-corrected chi connectivity index (χ0v) is 14.6. The van der Waals surface area contributed by atoms with Gasteiger partial charge in [0.15, 0.2) is 0 Å². The van der Waals surface area contributed by atoms with Crippen molar-refractivity contribution >= 4 is 11.9 Å². The van der Waals surface area contributed by atoms with Crippen molar-refractivity contribution in [2.75, 3.05) is 20.2 Å². The van der Waals surface area contributed by atoms with Crippen LogP contribution < -0.4 is 4.74 Å². The molecule has 1 saturated heterocycles. The third-order valence-electron chi connectivity index (χ3n) is 4.87. The van der Waals surface area contributed by atoms with Crippen LogP contribution in [0.15, 0.2) is 42.5 Å². The molecule has 1 aliphatic heterocycles. The molecule has 0 aliphatic carbocycles. The summed E-state index contributed by atoms with van der Waals surface area (Å²) in [6.45, 7) is 2.15. The van der Waals surface area contributed by atoms with E-state index in [0.717, 1.165) is 5.56 Å². The second-order valence-electron chi connectivity index (χ2n) is 6.50. The number of likely N-dealkylation sites (tertiary alicyclic amines) is 1. The van der Waals surface area contributed by atoms with Crippen LogP contribution in [0.1, 0.15) is 27.4 Å². The van der Waals surface area contributed by atoms with Crippen molar-refractivity contribution < 1.29 is 23.8 Å². The smallest absolute Gasteiger partial charge is 0.308 e. The van der Waals surface area contributed by atoms with Crippen LogP contribution in [0.5, 0.6) is 5.75 Å². The summed E-state index contributed by atoms with van der Waals surface area (Å²) in [4.78, 5) is 26.1. The molecule has 26 heavy (non-hydrogen) atoms. The van der Waals surface area contributed by atoms with Crippen molar-refractivity contribution in [2.45, 2.75) is 12.8 Å². The fourth-order valence-corrected chi connectivity index (χ4v) is 3.47. The van der Waals surface area contributed by atoms with Gasteiger partial charge in [-0.3, -0.25) is 9.59 Å². The molecule has 0 unspecified atom stereocenters. The first-order valence-corrected chi connectivity index (χ1v) is 8.33. The number of carboxylic acids is 1. The Kier molecular flexibility index (Phi) is 4.93. The summed E-state index contributed by atoms with van der Waals surface area (Å²) in [5, 5.41) is 9.56. The van der Waals surface area contributed by atoms with Gasteiger partial charge in [-0.2, -0.15) is 0 Å². The van der Waals surface area contributed by atoms with E-state index in [1.165, 1.54) is 17.0 Å². The topological polar surface area (TPSA) is 66.8 Å². The van der Waals surface area contributed by atoms with Crippen LogP contribution in [0, 0.1) is 18.7 Å². The standard InChI is InChI=1S/C20H20FNO4/c1-12-8-15(26-2)6-7-16(12)19(23)22-10-17(18(11-22)20(24)25)13-4-3-5-14(21)9-13/h3-9,17-18H,10-11H2,1-2H3,(H,24,25)/t17-,18+/m0/s1. The Bertz CT molecular complexity index is 851. The van der Waals surface area contributed by atoms with Crippen LogP contribution >= 0.6 is 0 Å². The molecular weight excluding hydrogens is 337 g/mol. The van der Waals surface area contributed by atoms with E-state index in [9.17, 15) is 19.1 Å². The van der Waals surface area contributed by atoms with E-state index in [-0.39, 0.29) is 19.0 Å². The van der Waals surface area contributed by atoms with E-state index < -0.39 is 23.6 Å². The van der Waals surface area contributed by atoms with Gasteiger partial charge in [0.25, 0.3) is 5.91 Å². The van der Waals surface area contributed by atoms with E-state index in [1.54, 1.807) is 37.4 Å². The van der Waals surface area contributed by atoms with Gasteiger partial charge in [-0.15, -0.1) is 0 Å². The van der Waals surface area contributed by atoms with E-state index in [0.29, 0.717) is 16.9 Å². The molecule has 0 aromatic heterocycles. The normalized spacial score (nSPS) is 19.4. The summed E-state index contributed by atoms with van der Waals surface area (Å²) in [6.07, 6.45) is 0. The number of methoxy groups -OCH3 is 1. The lowest BCUT2D eigenvalue weighted by Crippen LogP contribution is -2.30. The first-order chi connectivity index (χ1) is 12.4. The second kappa shape index (κ2) is 7.15. The zero-order chi connectivity index (χ0) is 18.8. The highest BCUT2D eigenvalue weighted by atomic mass is 19.1. The fourth-order valence-electron chi connectivity index (χ4n) is 3.47. The Labute approximate surface area is 151 Å². The summed E-state index contributed by atoms with van der Waals surface area (Å²) in [5.74, 6) is -2.18. The molecule has 136 valence electrons. The number of ether oxygens (including phenoxy) is 1. The van der Waals surface area contributed by atoms with Gasteiger partial charge in [0.05, 0.1) is 13.0 Å². The zero-order valence-electron chi connectivity index (χ0n) is 14.6. The van der Waals surface area contributed by atoms with Crippen LogP contribution in [0.25, 0.3) is 0 Å². The average Bonchev–Trinajstić information content (AvgIpc) is 3.07. The van der Waals surface area contributed by atoms with Crippen LogP contribution in [-0.2, 0) is 4.79 Å². The molecule has 0 saturated carbocycles. The molecule has 1 amide bonds.